The van der Waals surface area contributed by atoms with Gasteiger partial charge in [0.25, 0.3) is 0 Å². The summed E-state index contributed by atoms with van der Waals surface area (Å²) in [5.74, 6) is 5.05. The van der Waals surface area contributed by atoms with Crippen LogP contribution in [-0.2, 0) is 20.9 Å². The zero-order chi connectivity index (χ0) is 29.0. The Balaban J connectivity index is 0.000000459. The number of carbonyl (C=O) groups excluding carboxylic acids is 1. The minimum Gasteiger partial charge on any atom is -0.460 e. The van der Waals surface area contributed by atoms with Crippen LogP contribution >= 0.6 is 0 Å². The molecule has 0 aromatic carbocycles. The second-order valence-electron chi connectivity index (χ2n) is 14.4. The van der Waals surface area contributed by atoms with Crippen LogP contribution < -0.4 is 0 Å². The Kier molecular flexibility index (Phi) is 10.9. The quantitative estimate of drug-likeness (QED) is 0.194. The van der Waals surface area contributed by atoms with E-state index < -0.39 is 0 Å². The van der Waals surface area contributed by atoms with Crippen LogP contribution in [0.5, 0.6) is 0 Å². The molecule has 0 aliphatic heterocycles. The van der Waals surface area contributed by atoms with E-state index in [-0.39, 0.29) is 17.7 Å². The van der Waals surface area contributed by atoms with Gasteiger partial charge in [0.15, 0.2) is 0 Å². The molecule has 0 radical (unpaired) electrons. The van der Waals surface area contributed by atoms with Crippen LogP contribution in [0, 0.1) is 29.1 Å². The van der Waals surface area contributed by atoms with Crippen LogP contribution in [0.3, 0.4) is 0 Å². The van der Waals surface area contributed by atoms with Gasteiger partial charge in [-0.3, -0.25) is 4.79 Å². The molecule has 6 unspecified atom stereocenters. The molecule has 1 aromatic heterocycles. The Bertz CT molecular complexity index is 937. The molecule has 5 rings (SSSR count). The van der Waals surface area contributed by atoms with E-state index in [1.807, 2.05) is 26.8 Å². The Morgan fingerprint density at radius 2 is 1.95 bits per heavy atom. The van der Waals surface area contributed by atoms with Crippen molar-refractivity contribution in [1.29, 1.82) is 0 Å². The molecule has 5 heteroatoms. The van der Waals surface area contributed by atoms with Crippen LogP contribution in [0.1, 0.15) is 149 Å². The van der Waals surface area contributed by atoms with Crippen molar-refractivity contribution in [3.8, 4) is 0 Å². The summed E-state index contributed by atoms with van der Waals surface area (Å²) in [4.78, 5) is 10.2. The number of aromatic nitrogens is 1. The second-order valence-corrected chi connectivity index (χ2v) is 14.4. The number of hydrogen-bond acceptors (Lipinski definition) is 5. The van der Waals surface area contributed by atoms with Gasteiger partial charge in [-0.25, -0.2) is 0 Å². The molecule has 0 spiro atoms. The highest BCUT2D eigenvalue weighted by molar-refractivity contribution is 5.66. The molecule has 39 heavy (non-hydrogen) atoms. The normalized spacial score (nSPS) is 27.0. The lowest BCUT2D eigenvalue weighted by Crippen LogP contribution is -2.54. The van der Waals surface area contributed by atoms with Crippen LogP contribution in [0.2, 0.25) is 0 Å². The van der Waals surface area contributed by atoms with E-state index in [0.29, 0.717) is 35.7 Å². The smallest absolute Gasteiger partial charge is 0.303 e. The maximum Gasteiger partial charge on any atom is 0.303 e. The van der Waals surface area contributed by atoms with Gasteiger partial charge in [-0.15, -0.1) is 6.58 Å². The third-order valence-electron chi connectivity index (χ3n) is 9.56. The summed E-state index contributed by atoms with van der Waals surface area (Å²) in [6.45, 7) is 23.6. The summed E-state index contributed by atoms with van der Waals surface area (Å²) in [5.41, 5.74) is 2.70. The molecule has 6 atom stereocenters. The first kappa shape index (κ1) is 31.9. The SMILES string of the molecule is C=CCC(CC(C)CCCC)OCc1c(C2CC3CC(C2C)C3(C)C)noc1C1CC1.CC(=O)OC(C)(C)C. The zero-order valence-electron chi connectivity index (χ0n) is 26.5. The fraction of sp³-hybridized carbons (Fsp3) is 0.824. The van der Waals surface area contributed by atoms with Crippen molar-refractivity contribution < 1.29 is 18.8 Å². The summed E-state index contributed by atoms with van der Waals surface area (Å²) in [5, 5.41) is 4.70. The number of nitrogens with zero attached hydrogens (tertiary/aromatic N) is 1. The molecule has 0 saturated heterocycles. The molecule has 2 bridgehead atoms. The van der Waals surface area contributed by atoms with Gasteiger partial charge in [-0.2, -0.15) is 0 Å². The van der Waals surface area contributed by atoms with Gasteiger partial charge in [-0.05, 0) is 88.4 Å². The van der Waals surface area contributed by atoms with Gasteiger partial charge in [-0.1, -0.05) is 65.1 Å². The molecular weight excluding hydrogens is 486 g/mol. The van der Waals surface area contributed by atoms with Crippen molar-refractivity contribution >= 4 is 5.97 Å². The number of hydrogen-bond donors (Lipinski definition) is 0. The average molecular weight is 544 g/mol. The van der Waals surface area contributed by atoms with Crippen molar-refractivity contribution in [3.05, 3.63) is 29.7 Å². The van der Waals surface area contributed by atoms with Gasteiger partial charge >= 0.3 is 5.97 Å². The fourth-order valence-corrected chi connectivity index (χ4v) is 7.12. The Morgan fingerprint density at radius 1 is 1.26 bits per heavy atom. The van der Waals surface area contributed by atoms with Crippen LogP contribution in [0.25, 0.3) is 0 Å². The average Bonchev–Trinajstić information content (AvgIpc) is 3.59. The molecule has 1 heterocycles. The van der Waals surface area contributed by atoms with Gasteiger partial charge in [0.2, 0.25) is 0 Å². The highest BCUT2D eigenvalue weighted by Gasteiger charge is 2.57. The number of ether oxygens (including phenoxy) is 2. The second kappa shape index (κ2) is 13.4. The Morgan fingerprint density at radius 3 is 2.44 bits per heavy atom. The highest BCUT2D eigenvalue weighted by atomic mass is 16.6. The maximum absolute atomic E-state index is 10.2. The Labute approximate surface area is 238 Å². The first-order valence-electron chi connectivity index (χ1n) is 15.7. The first-order chi connectivity index (χ1) is 18.3. The summed E-state index contributed by atoms with van der Waals surface area (Å²) in [6.07, 6.45) is 13.3. The van der Waals surface area contributed by atoms with E-state index in [9.17, 15) is 4.79 Å². The first-order valence-corrected chi connectivity index (χ1v) is 15.7. The largest absolute Gasteiger partial charge is 0.460 e. The predicted octanol–water partition coefficient (Wildman–Crippen LogP) is 9.36. The molecule has 222 valence electrons. The van der Waals surface area contributed by atoms with E-state index in [0.717, 1.165) is 30.4 Å². The van der Waals surface area contributed by atoms with Crippen LogP contribution in [0.4, 0.5) is 0 Å². The summed E-state index contributed by atoms with van der Waals surface area (Å²) in [7, 11) is 0. The molecule has 0 N–H and O–H groups in total. The van der Waals surface area contributed by atoms with E-state index in [2.05, 4.69) is 41.2 Å². The molecule has 1 aromatic rings. The summed E-state index contributed by atoms with van der Waals surface area (Å²) < 4.78 is 17.4. The molecular formula is C34H57NO4. The van der Waals surface area contributed by atoms with Crippen molar-refractivity contribution in [2.24, 2.45) is 29.1 Å². The van der Waals surface area contributed by atoms with Crippen molar-refractivity contribution in [1.82, 2.24) is 5.16 Å². The molecule has 4 saturated carbocycles. The Hall–Kier alpha value is -1.62. The lowest BCUT2D eigenvalue weighted by molar-refractivity contribution is -0.151. The molecule has 4 aliphatic rings. The van der Waals surface area contributed by atoms with Crippen LogP contribution in [0.15, 0.2) is 17.2 Å². The number of esters is 1. The third kappa shape index (κ3) is 8.44. The molecule has 5 nitrogen and oxygen atoms in total. The van der Waals surface area contributed by atoms with E-state index in [1.165, 1.54) is 63.1 Å². The zero-order valence-corrected chi connectivity index (χ0v) is 26.5. The lowest BCUT2D eigenvalue weighted by atomic mass is 9.43. The maximum atomic E-state index is 10.2. The minimum absolute atomic E-state index is 0.225. The minimum atomic E-state index is -0.328. The molecule has 4 aliphatic carbocycles. The number of rotatable bonds is 12. The van der Waals surface area contributed by atoms with Crippen molar-refractivity contribution in [2.75, 3.05) is 0 Å². The fourth-order valence-electron chi connectivity index (χ4n) is 7.12. The van der Waals surface area contributed by atoms with Crippen molar-refractivity contribution in [2.45, 2.75) is 150 Å². The lowest BCUT2D eigenvalue weighted by Gasteiger charge is -2.62. The van der Waals surface area contributed by atoms with Gasteiger partial charge in [0, 0.05) is 24.3 Å². The van der Waals surface area contributed by atoms with Crippen molar-refractivity contribution in [3.63, 3.8) is 0 Å². The summed E-state index contributed by atoms with van der Waals surface area (Å²) >= 11 is 0. The van der Waals surface area contributed by atoms with Gasteiger partial charge in [0.1, 0.15) is 11.4 Å². The van der Waals surface area contributed by atoms with E-state index in [4.69, 9.17) is 19.2 Å². The highest BCUT2D eigenvalue weighted by Crippen LogP contribution is 2.65. The van der Waals surface area contributed by atoms with Gasteiger partial charge < -0.3 is 14.0 Å². The monoisotopic (exact) mass is 543 g/mol. The number of unbranched alkanes of at least 4 members (excludes halogenated alkanes) is 1. The number of carbonyl (C=O) groups is 1. The third-order valence-corrected chi connectivity index (χ3v) is 9.56. The van der Waals surface area contributed by atoms with E-state index >= 15 is 0 Å². The summed E-state index contributed by atoms with van der Waals surface area (Å²) in [6, 6.07) is 0. The topological polar surface area (TPSA) is 61.6 Å². The molecule has 4 fully saturated rings. The predicted molar refractivity (Wildman–Crippen MR) is 159 cm³/mol. The van der Waals surface area contributed by atoms with E-state index in [1.54, 1.807) is 0 Å². The molecule has 0 amide bonds. The van der Waals surface area contributed by atoms with Gasteiger partial charge in [0.05, 0.1) is 18.4 Å². The van der Waals surface area contributed by atoms with Crippen LogP contribution in [-0.4, -0.2) is 22.8 Å². The number of fused-ring (bicyclic) bond motifs is 2. The standard InChI is InChI=1S/C28H45NO2.C6H12O2/c1-7-9-11-18(3)14-22(10-8-2)30-17-24-26(29-31-27(24)20-12-13-20)23-15-21-16-25(19(23)4)28(21,5)6;1-5(7)8-6(2,3)4/h8,18-23,25H,2,7,9-17H2,1,3-6H3;1-4H3.